The van der Waals surface area contributed by atoms with E-state index in [-0.39, 0.29) is 11.0 Å². The average molecular weight is 156 g/mol. The highest BCUT2D eigenvalue weighted by molar-refractivity contribution is 5.48. The standard InChI is InChI=1S/C9H18NO/c1-8(2,3)6-9(4,5)10-7-11/h6H2,1-5H3,(H,10,11). The number of carbonyl (C=O) groups excluding carboxylic acids is 1. The van der Waals surface area contributed by atoms with E-state index in [4.69, 9.17) is 0 Å². The second-order valence-electron chi connectivity index (χ2n) is 4.85. The number of hydrogen-bond donors (Lipinski definition) is 1. The fourth-order valence-electron chi connectivity index (χ4n) is 1.51. The Morgan fingerprint density at radius 3 is 1.91 bits per heavy atom. The van der Waals surface area contributed by atoms with Gasteiger partial charge in [-0.25, -0.2) is 0 Å². The summed E-state index contributed by atoms with van der Waals surface area (Å²) in [6.07, 6.45) is 2.68. The molecular weight excluding hydrogens is 138 g/mol. The monoisotopic (exact) mass is 156 g/mol. The van der Waals surface area contributed by atoms with Crippen LogP contribution in [0.1, 0.15) is 41.0 Å². The zero-order valence-corrected chi connectivity index (χ0v) is 8.12. The van der Waals surface area contributed by atoms with Crippen molar-refractivity contribution in [3.63, 3.8) is 0 Å². The van der Waals surface area contributed by atoms with E-state index in [1.165, 1.54) is 0 Å². The van der Waals surface area contributed by atoms with E-state index in [2.05, 4.69) is 26.1 Å². The van der Waals surface area contributed by atoms with Crippen molar-refractivity contribution >= 4 is 6.41 Å². The molecule has 0 aliphatic heterocycles. The summed E-state index contributed by atoms with van der Waals surface area (Å²) in [5.74, 6) is 0. The largest absolute Gasteiger partial charge is 0.343 e. The third-order valence-electron chi connectivity index (χ3n) is 1.36. The van der Waals surface area contributed by atoms with Crippen LogP contribution in [0.3, 0.4) is 0 Å². The Morgan fingerprint density at radius 1 is 1.18 bits per heavy atom. The molecule has 1 amide bonds. The lowest BCUT2D eigenvalue weighted by molar-refractivity contribution is 0.264. The second kappa shape index (κ2) is 3.24. The molecule has 2 nitrogen and oxygen atoms in total. The Morgan fingerprint density at radius 2 is 1.64 bits per heavy atom. The van der Waals surface area contributed by atoms with Gasteiger partial charge in [0.2, 0.25) is 0 Å². The van der Waals surface area contributed by atoms with Crippen molar-refractivity contribution in [3.05, 3.63) is 0 Å². The van der Waals surface area contributed by atoms with Crippen LogP contribution in [-0.2, 0) is 4.79 Å². The first kappa shape index (κ1) is 10.5. The molecule has 0 rings (SSSR count). The first-order valence-electron chi connectivity index (χ1n) is 3.91. The van der Waals surface area contributed by atoms with Crippen LogP contribution in [0.25, 0.3) is 0 Å². The third-order valence-corrected chi connectivity index (χ3v) is 1.36. The second-order valence-corrected chi connectivity index (χ2v) is 4.85. The fraction of sp³-hybridized carbons (Fsp3) is 0.889. The maximum Gasteiger partial charge on any atom is 0.309 e. The molecule has 1 N–H and O–H groups in total. The van der Waals surface area contributed by atoms with E-state index in [1.807, 2.05) is 13.8 Å². The third kappa shape index (κ3) is 5.89. The predicted octanol–water partition coefficient (Wildman–Crippen LogP) is 1.86. The van der Waals surface area contributed by atoms with Gasteiger partial charge in [-0.05, 0) is 25.7 Å². The molecule has 0 spiro atoms. The molecule has 2 heteroatoms. The molecule has 0 atom stereocenters. The van der Waals surface area contributed by atoms with Crippen LogP contribution in [0.5, 0.6) is 0 Å². The van der Waals surface area contributed by atoms with Crippen LogP contribution >= 0.6 is 0 Å². The molecule has 0 aromatic heterocycles. The van der Waals surface area contributed by atoms with Crippen molar-refractivity contribution in [2.24, 2.45) is 5.41 Å². The van der Waals surface area contributed by atoms with Crippen molar-refractivity contribution in [3.8, 4) is 0 Å². The first-order valence-corrected chi connectivity index (χ1v) is 3.91. The highest BCUT2D eigenvalue weighted by Gasteiger charge is 2.24. The zero-order valence-electron chi connectivity index (χ0n) is 8.12. The fourth-order valence-corrected chi connectivity index (χ4v) is 1.51. The first-order chi connectivity index (χ1) is 4.77. The summed E-state index contributed by atoms with van der Waals surface area (Å²) in [5, 5.41) is 2.67. The maximum atomic E-state index is 10.1. The molecule has 0 aromatic rings. The van der Waals surface area contributed by atoms with Gasteiger partial charge in [0.15, 0.2) is 0 Å². The summed E-state index contributed by atoms with van der Waals surface area (Å²) < 4.78 is 0. The molecule has 0 aromatic carbocycles. The van der Waals surface area contributed by atoms with E-state index in [9.17, 15) is 4.79 Å². The van der Waals surface area contributed by atoms with Crippen molar-refractivity contribution < 1.29 is 4.79 Å². The van der Waals surface area contributed by atoms with Gasteiger partial charge in [0.1, 0.15) is 0 Å². The van der Waals surface area contributed by atoms with Gasteiger partial charge in [0.05, 0.1) is 0 Å². The summed E-state index contributed by atoms with van der Waals surface area (Å²) in [4.78, 5) is 10.1. The minimum atomic E-state index is -0.139. The minimum absolute atomic E-state index is 0.139. The Balaban J connectivity index is 4.00. The summed E-state index contributed by atoms with van der Waals surface area (Å²) in [6, 6.07) is 0. The zero-order chi connectivity index (χ0) is 9.12. The van der Waals surface area contributed by atoms with Gasteiger partial charge in [-0.1, -0.05) is 20.8 Å². The van der Waals surface area contributed by atoms with Crippen molar-refractivity contribution in [2.45, 2.75) is 46.6 Å². The smallest absolute Gasteiger partial charge is 0.309 e. The average Bonchev–Trinajstić information content (AvgIpc) is 1.55. The summed E-state index contributed by atoms with van der Waals surface area (Å²) in [6.45, 7) is 10.5. The van der Waals surface area contributed by atoms with E-state index in [0.29, 0.717) is 0 Å². The van der Waals surface area contributed by atoms with Gasteiger partial charge in [-0.15, -0.1) is 0 Å². The van der Waals surface area contributed by atoms with Gasteiger partial charge in [0, 0.05) is 5.54 Å². The van der Waals surface area contributed by atoms with Gasteiger partial charge in [0.25, 0.3) is 0 Å². The predicted molar refractivity (Wildman–Crippen MR) is 47.0 cm³/mol. The van der Waals surface area contributed by atoms with E-state index < -0.39 is 0 Å². The van der Waals surface area contributed by atoms with Gasteiger partial charge >= 0.3 is 6.41 Å². The molecule has 11 heavy (non-hydrogen) atoms. The lowest BCUT2D eigenvalue weighted by atomic mass is 9.82. The molecule has 1 radical (unpaired) electrons. The summed E-state index contributed by atoms with van der Waals surface area (Å²) >= 11 is 0. The summed E-state index contributed by atoms with van der Waals surface area (Å²) in [7, 11) is 0. The van der Waals surface area contributed by atoms with Crippen LogP contribution in [0, 0.1) is 5.41 Å². The van der Waals surface area contributed by atoms with Crippen molar-refractivity contribution in [2.75, 3.05) is 0 Å². The topological polar surface area (TPSA) is 29.1 Å². The molecule has 0 aliphatic carbocycles. The Hall–Kier alpha value is -0.530. The molecule has 65 valence electrons. The van der Waals surface area contributed by atoms with Crippen LogP contribution < -0.4 is 5.32 Å². The van der Waals surface area contributed by atoms with Gasteiger partial charge in [-0.3, -0.25) is 4.79 Å². The number of nitrogens with one attached hydrogen (secondary N) is 1. The van der Waals surface area contributed by atoms with E-state index in [0.717, 1.165) is 6.42 Å². The number of rotatable bonds is 3. The van der Waals surface area contributed by atoms with E-state index >= 15 is 0 Å². The van der Waals surface area contributed by atoms with Gasteiger partial charge in [-0.2, -0.15) is 0 Å². The molecule has 0 aliphatic rings. The van der Waals surface area contributed by atoms with Crippen LogP contribution in [0.4, 0.5) is 0 Å². The lowest BCUT2D eigenvalue weighted by Crippen LogP contribution is -2.41. The molecular formula is C9H18NO. The molecule has 0 heterocycles. The molecule has 0 unspecified atom stereocenters. The Labute approximate surface area is 69.4 Å². The van der Waals surface area contributed by atoms with Gasteiger partial charge < -0.3 is 5.32 Å². The SMILES string of the molecule is CC(C)(C)CC(C)(C)N[C]=O. The number of hydrogen-bond acceptors (Lipinski definition) is 1. The van der Waals surface area contributed by atoms with Crippen LogP contribution in [-0.4, -0.2) is 11.9 Å². The van der Waals surface area contributed by atoms with Crippen molar-refractivity contribution in [1.82, 2.24) is 5.32 Å². The molecule has 0 saturated carbocycles. The Bertz CT molecular complexity index is 133. The molecule has 0 fully saturated rings. The van der Waals surface area contributed by atoms with Crippen molar-refractivity contribution in [1.29, 1.82) is 0 Å². The summed E-state index contributed by atoms with van der Waals surface area (Å²) in [5.41, 5.74) is 0.105. The normalized spacial score (nSPS) is 12.8. The van der Waals surface area contributed by atoms with Crippen LogP contribution in [0.15, 0.2) is 0 Å². The molecule has 0 saturated heterocycles. The van der Waals surface area contributed by atoms with Crippen LogP contribution in [0.2, 0.25) is 0 Å². The Kier molecular flexibility index (Phi) is 3.09. The minimum Gasteiger partial charge on any atom is -0.343 e. The lowest BCUT2D eigenvalue weighted by Gasteiger charge is -2.31. The highest BCUT2D eigenvalue weighted by Crippen LogP contribution is 2.26. The maximum absolute atomic E-state index is 10.1. The highest BCUT2D eigenvalue weighted by atomic mass is 16.1. The molecule has 0 bridgehead atoms. The number of amides is 1. The quantitative estimate of drug-likeness (QED) is 0.621. The van der Waals surface area contributed by atoms with E-state index in [1.54, 1.807) is 6.41 Å².